The summed E-state index contributed by atoms with van der Waals surface area (Å²) in [6, 6.07) is 3.78. The first-order chi connectivity index (χ1) is 7.40. The molecule has 1 fully saturated rings. The van der Waals surface area contributed by atoms with Crippen molar-refractivity contribution in [1.29, 1.82) is 0 Å². The molecule has 1 unspecified atom stereocenters. The molecule has 0 aromatic carbocycles. The summed E-state index contributed by atoms with van der Waals surface area (Å²) in [6.07, 6.45) is 1.65. The zero-order valence-electron chi connectivity index (χ0n) is 8.76. The van der Waals surface area contributed by atoms with Gasteiger partial charge in [0.05, 0.1) is 32.0 Å². The van der Waals surface area contributed by atoms with Crippen molar-refractivity contribution in [3.05, 3.63) is 24.2 Å². The van der Waals surface area contributed by atoms with Crippen molar-refractivity contribution in [3.63, 3.8) is 0 Å². The van der Waals surface area contributed by atoms with E-state index in [4.69, 9.17) is 9.15 Å². The Morgan fingerprint density at radius 3 is 2.80 bits per heavy atom. The van der Waals surface area contributed by atoms with E-state index in [9.17, 15) is 5.11 Å². The predicted molar refractivity (Wildman–Crippen MR) is 55.8 cm³/mol. The fourth-order valence-corrected chi connectivity index (χ4v) is 1.86. The van der Waals surface area contributed by atoms with Crippen LogP contribution in [0.15, 0.2) is 22.8 Å². The van der Waals surface area contributed by atoms with Crippen molar-refractivity contribution < 1.29 is 14.3 Å². The number of hydrogen-bond donors (Lipinski definition) is 1. The Bertz CT molecular complexity index is 267. The Morgan fingerprint density at radius 1 is 1.40 bits per heavy atom. The lowest BCUT2D eigenvalue weighted by Crippen LogP contribution is -2.39. The molecule has 0 radical (unpaired) electrons. The van der Waals surface area contributed by atoms with Crippen LogP contribution in [0.5, 0.6) is 0 Å². The number of furan rings is 1. The molecule has 1 saturated heterocycles. The topological polar surface area (TPSA) is 45.8 Å². The summed E-state index contributed by atoms with van der Waals surface area (Å²) < 4.78 is 10.6. The number of nitrogens with zero attached hydrogens (tertiary/aromatic N) is 1. The van der Waals surface area contributed by atoms with Gasteiger partial charge in [0.2, 0.25) is 0 Å². The number of ether oxygens (including phenoxy) is 1. The summed E-state index contributed by atoms with van der Waals surface area (Å²) in [6.45, 7) is 4.43. The molecule has 1 aliphatic rings. The van der Waals surface area contributed by atoms with E-state index in [2.05, 4.69) is 4.90 Å². The monoisotopic (exact) mass is 211 g/mol. The lowest BCUT2D eigenvalue weighted by atomic mass is 10.1. The van der Waals surface area contributed by atoms with E-state index >= 15 is 0 Å². The third kappa shape index (κ3) is 2.81. The predicted octanol–water partition coefficient (Wildman–Crippen LogP) is 0.688. The van der Waals surface area contributed by atoms with Gasteiger partial charge >= 0.3 is 0 Å². The van der Waals surface area contributed by atoms with Crippen LogP contribution in [0.2, 0.25) is 0 Å². The molecule has 0 spiro atoms. The summed E-state index contributed by atoms with van der Waals surface area (Å²) in [5.74, 6) is 0.946. The Kier molecular flexibility index (Phi) is 3.77. The van der Waals surface area contributed by atoms with Gasteiger partial charge in [0.25, 0.3) is 0 Å². The molecule has 1 N–H and O–H groups in total. The third-order valence-corrected chi connectivity index (χ3v) is 2.75. The second kappa shape index (κ2) is 5.30. The highest BCUT2D eigenvalue weighted by molar-refractivity contribution is 5.06. The molecule has 2 rings (SSSR count). The summed E-state index contributed by atoms with van der Waals surface area (Å²) >= 11 is 0. The van der Waals surface area contributed by atoms with Crippen molar-refractivity contribution in [2.45, 2.75) is 5.92 Å². The van der Waals surface area contributed by atoms with E-state index < -0.39 is 0 Å². The largest absolute Gasteiger partial charge is 0.469 e. The normalized spacial score (nSPS) is 20.3. The van der Waals surface area contributed by atoms with Crippen LogP contribution in [0.1, 0.15) is 11.7 Å². The van der Waals surface area contributed by atoms with Gasteiger partial charge in [-0.2, -0.15) is 0 Å². The standard InChI is InChI=1S/C11H17NO3/c13-9-10(11-2-1-5-15-11)8-12-3-6-14-7-4-12/h1-2,5,10,13H,3-4,6-9H2. The van der Waals surface area contributed by atoms with Gasteiger partial charge in [0, 0.05) is 19.6 Å². The molecule has 15 heavy (non-hydrogen) atoms. The van der Waals surface area contributed by atoms with Crippen LogP contribution in [0.3, 0.4) is 0 Å². The van der Waals surface area contributed by atoms with Crippen LogP contribution in [-0.2, 0) is 4.74 Å². The minimum Gasteiger partial charge on any atom is -0.469 e. The fourth-order valence-electron chi connectivity index (χ4n) is 1.86. The summed E-state index contributed by atoms with van der Waals surface area (Å²) in [5, 5.41) is 9.31. The number of hydrogen-bond acceptors (Lipinski definition) is 4. The molecule has 2 heterocycles. The average molecular weight is 211 g/mol. The minimum absolute atomic E-state index is 0.0816. The van der Waals surface area contributed by atoms with E-state index in [0.29, 0.717) is 0 Å². The molecule has 1 aliphatic heterocycles. The molecule has 1 aromatic heterocycles. The van der Waals surface area contributed by atoms with Crippen molar-refractivity contribution in [1.82, 2.24) is 4.90 Å². The zero-order chi connectivity index (χ0) is 10.5. The first-order valence-corrected chi connectivity index (χ1v) is 5.34. The first-order valence-electron chi connectivity index (χ1n) is 5.34. The van der Waals surface area contributed by atoms with E-state index in [1.165, 1.54) is 0 Å². The van der Waals surface area contributed by atoms with E-state index in [-0.39, 0.29) is 12.5 Å². The lowest BCUT2D eigenvalue weighted by Gasteiger charge is -2.29. The highest BCUT2D eigenvalue weighted by atomic mass is 16.5. The maximum atomic E-state index is 9.31. The van der Waals surface area contributed by atoms with Gasteiger partial charge in [0.1, 0.15) is 5.76 Å². The maximum absolute atomic E-state index is 9.31. The first kappa shape index (κ1) is 10.7. The molecule has 0 aliphatic carbocycles. The van der Waals surface area contributed by atoms with Gasteiger partial charge in [-0.3, -0.25) is 4.90 Å². The van der Waals surface area contributed by atoms with Gasteiger partial charge in [-0.15, -0.1) is 0 Å². The van der Waals surface area contributed by atoms with Crippen molar-refractivity contribution >= 4 is 0 Å². The summed E-state index contributed by atoms with van der Waals surface area (Å²) in [5.41, 5.74) is 0. The third-order valence-electron chi connectivity index (χ3n) is 2.75. The summed E-state index contributed by atoms with van der Waals surface area (Å²) in [4.78, 5) is 2.30. The van der Waals surface area contributed by atoms with E-state index in [1.807, 2.05) is 12.1 Å². The van der Waals surface area contributed by atoms with Gasteiger partial charge < -0.3 is 14.3 Å². The Hall–Kier alpha value is -0.840. The minimum atomic E-state index is 0.0816. The molecule has 4 heteroatoms. The molecule has 4 nitrogen and oxygen atoms in total. The Morgan fingerprint density at radius 2 is 2.20 bits per heavy atom. The highest BCUT2D eigenvalue weighted by Gasteiger charge is 2.19. The molecule has 0 amide bonds. The van der Waals surface area contributed by atoms with Gasteiger partial charge in [-0.05, 0) is 12.1 Å². The fraction of sp³-hybridized carbons (Fsp3) is 0.636. The van der Waals surface area contributed by atoms with Crippen LogP contribution in [0.25, 0.3) is 0 Å². The molecule has 1 aromatic rings. The number of rotatable bonds is 4. The molecular weight excluding hydrogens is 194 g/mol. The van der Waals surface area contributed by atoms with Gasteiger partial charge in [-0.1, -0.05) is 0 Å². The SMILES string of the molecule is OCC(CN1CCOCC1)c1ccco1. The smallest absolute Gasteiger partial charge is 0.110 e. The lowest BCUT2D eigenvalue weighted by molar-refractivity contribution is 0.0306. The van der Waals surface area contributed by atoms with Gasteiger partial charge in [0.15, 0.2) is 0 Å². The number of aliphatic hydroxyl groups excluding tert-OH is 1. The second-order valence-electron chi connectivity index (χ2n) is 3.81. The molecule has 84 valence electrons. The van der Waals surface area contributed by atoms with Crippen molar-refractivity contribution in [2.75, 3.05) is 39.5 Å². The number of aliphatic hydroxyl groups is 1. The highest BCUT2D eigenvalue weighted by Crippen LogP contribution is 2.17. The van der Waals surface area contributed by atoms with Crippen molar-refractivity contribution in [2.24, 2.45) is 0 Å². The Balaban J connectivity index is 1.90. The molecule has 0 bridgehead atoms. The Labute approximate surface area is 89.4 Å². The van der Waals surface area contributed by atoms with Crippen LogP contribution >= 0.6 is 0 Å². The van der Waals surface area contributed by atoms with E-state index in [1.54, 1.807) is 6.26 Å². The van der Waals surface area contributed by atoms with Crippen LogP contribution in [0.4, 0.5) is 0 Å². The molecular formula is C11H17NO3. The van der Waals surface area contributed by atoms with Gasteiger partial charge in [-0.25, -0.2) is 0 Å². The zero-order valence-corrected chi connectivity index (χ0v) is 8.76. The van der Waals surface area contributed by atoms with Crippen LogP contribution < -0.4 is 0 Å². The number of morpholine rings is 1. The molecule has 0 saturated carbocycles. The summed E-state index contributed by atoms with van der Waals surface area (Å²) in [7, 11) is 0. The average Bonchev–Trinajstić information content (AvgIpc) is 2.81. The quantitative estimate of drug-likeness (QED) is 0.796. The molecule has 1 atom stereocenters. The van der Waals surface area contributed by atoms with E-state index in [0.717, 1.165) is 38.6 Å². The second-order valence-corrected chi connectivity index (χ2v) is 3.81. The van der Waals surface area contributed by atoms with Crippen molar-refractivity contribution in [3.8, 4) is 0 Å². The maximum Gasteiger partial charge on any atom is 0.110 e. The van der Waals surface area contributed by atoms with Crippen LogP contribution in [-0.4, -0.2) is 49.5 Å². The van der Waals surface area contributed by atoms with Crippen LogP contribution in [0, 0.1) is 0 Å².